The summed E-state index contributed by atoms with van der Waals surface area (Å²) in [6.07, 6.45) is 5.79. The minimum absolute atomic E-state index is 0.324. The molecule has 0 spiro atoms. The van der Waals surface area contributed by atoms with Crippen molar-refractivity contribution in [1.29, 1.82) is 0 Å². The molecule has 4 aromatic rings. The van der Waals surface area contributed by atoms with Crippen molar-refractivity contribution >= 4 is 22.6 Å². The molecule has 1 N–H and O–H groups in total. The van der Waals surface area contributed by atoms with Gasteiger partial charge in [0.2, 0.25) is 0 Å². The molecule has 4 rings (SSSR count). The van der Waals surface area contributed by atoms with Crippen molar-refractivity contribution in [3.05, 3.63) is 64.7 Å². The maximum absolute atomic E-state index is 12.7. The first-order valence-electron chi connectivity index (χ1n) is 7.07. The highest BCUT2D eigenvalue weighted by molar-refractivity contribution is 5.99. The normalized spacial score (nSPS) is 11.0. The molecule has 9 nitrogen and oxygen atoms in total. The largest absolute Gasteiger partial charge is 0.280 e. The summed E-state index contributed by atoms with van der Waals surface area (Å²) < 4.78 is 2.67. The van der Waals surface area contributed by atoms with E-state index >= 15 is 0 Å². The summed E-state index contributed by atoms with van der Waals surface area (Å²) in [4.78, 5) is 37.0. The third kappa shape index (κ3) is 2.10. The summed E-state index contributed by atoms with van der Waals surface area (Å²) >= 11 is 0. The molecule has 0 unspecified atom stereocenters. The molecule has 0 aliphatic carbocycles. The average Bonchev–Trinajstić information content (AvgIpc) is 3.08. The van der Waals surface area contributed by atoms with Gasteiger partial charge in [-0.1, -0.05) is 0 Å². The lowest BCUT2D eigenvalue weighted by atomic mass is 10.2. The highest BCUT2D eigenvalue weighted by atomic mass is 16.2. The molecule has 0 fully saturated rings. The molecule has 4 aromatic heterocycles. The minimum atomic E-state index is -0.428. The molecular weight excluding hydrogens is 310 g/mol. The van der Waals surface area contributed by atoms with Crippen LogP contribution in [0.3, 0.4) is 0 Å². The van der Waals surface area contributed by atoms with Crippen molar-refractivity contribution in [3.8, 4) is 0 Å². The van der Waals surface area contributed by atoms with E-state index in [1.165, 1.54) is 27.9 Å². The third-order valence-electron chi connectivity index (χ3n) is 3.61. The van der Waals surface area contributed by atoms with Gasteiger partial charge in [0.05, 0.1) is 16.5 Å². The molecule has 0 saturated carbocycles. The van der Waals surface area contributed by atoms with Gasteiger partial charge < -0.3 is 0 Å². The van der Waals surface area contributed by atoms with Crippen LogP contribution < -0.4 is 11.0 Å². The van der Waals surface area contributed by atoms with Gasteiger partial charge in [0.15, 0.2) is 0 Å². The second-order valence-electron chi connectivity index (χ2n) is 5.14. The Hall–Kier alpha value is -3.62. The number of carbonyl (C=O) groups is 1. The van der Waals surface area contributed by atoms with Gasteiger partial charge in [-0.15, -0.1) is 0 Å². The lowest BCUT2D eigenvalue weighted by Crippen LogP contribution is -2.35. The molecule has 0 aliphatic heterocycles. The Morgan fingerprint density at radius 2 is 2.12 bits per heavy atom. The van der Waals surface area contributed by atoms with Crippen LogP contribution in [0.25, 0.3) is 16.7 Å². The molecule has 0 radical (unpaired) electrons. The van der Waals surface area contributed by atoms with E-state index in [2.05, 4.69) is 25.5 Å². The van der Waals surface area contributed by atoms with E-state index in [9.17, 15) is 9.59 Å². The van der Waals surface area contributed by atoms with Crippen LogP contribution in [0.5, 0.6) is 0 Å². The van der Waals surface area contributed by atoms with Crippen molar-refractivity contribution < 1.29 is 4.79 Å². The zero-order valence-corrected chi connectivity index (χ0v) is 12.5. The average molecular weight is 321 g/mol. The molecule has 24 heavy (non-hydrogen) atoms. The summed E-state index contributed by atoms with van der Waals surface area (Å²) in [7, 11) is 0. The Bertz CT molecular complexity index is 1130. The summed E-state index contributed by atoms with van der Waals surface area (Å²) in [5.74, 6) is -0.0270. The van der Waals surface area contributed by atoms with Gasteiger partial charge in [-0.3, -0.25) is 20.0 Å². The molecule has 118 valence electrons. The van der Waals surface area contributed by atoms with Crippen molar-refractivity contribution in [2.24, 2.45) is 0 Å². The van der Waals surface area contributed by atoms with Gasteiger partial charge in [0.1, 0.15) is 6.33 Å². The van der Waals surface area contributed by atoms with Gasteiger partial charge in [-0.05, 0) is 25.1 Å². The predicted octanol–water partition coefficient (Wildman–Crippen LogP) is 0.527. The second-order valence-corrected chi connectivity index (χ2v) is 5.14. The first-order chi connectivity index (χ1) is 11.6. The molecule has 0 atom stereocenters. The minimum Gasteiger partial charge on any atom is -0.267 e. The molecular formula is C15H11N7O2. The van der Waals surface area contributed by atoms with E-state index in [4.69, 9.17) is 0 Å². The molecule has 0 aliphatic rings. The van der Waals surface area contributed by atoms with E-state index < -0.39 is 11.5 Å². The van der Waals surface area contributed by atoms with E-state index in [-0.39, 0.29) is 0 Å². The number of rotatable bonds is 2. The highest BCUT2D eigenvalue weighted by Crippen LogP contribution is 2.11. The zero-order valence-electron chi connectivity index (χ0n) is 12.5. The zero-order chi connectivity index (χ0) is 16.7. The van der Waals surface area contributed by atoms with Gasteiger partial charge >= 0.3 is 0 Å². The van der Waals surface area contributed by atoms with Crippen molar-refractivity contribution in [1.82, 2.24) is 29.2 Å². The van der Waals surface area contributed by atoms with Gasteiger partial charge in [0.25, 0.3) is 17.2 Å². The van der Waals surface area contributed by atoms with Crippen LogP contribution in [0.1, 0.15) is 16.1 Å². The van der Waals surface area contributed by atoms with Gasteiger partial charge in [-0.25, -0.2) is 9.66 Å². The fraction of sp³-hybridized carbons (Fsp3) is 0.0667. The van der Waals surface area contributed by atoms with E-state index in [0.29, 0.717) is 27.9 Å². The Kier molecular flexibility index (Phi) is 3.05. The van der Waals surface area contributed by atoms with Crippen LogP contribution >= 0.6 is 0 Å². The molecule has 9 heteroatoms. The first kappa shape index (κ1) is 14.0. The Morgan fingerprint density at radius 1 is 1.25 bits per heavy atom. The third-order valence-corrected chi connectivity index (χ3v) is 3.61. The van der Waals surface area contributed by atoms with Crippen LogP contribution in [-0.4, -0.2) is 35.1 Å². The smallest absolute Gasteiger partial charge is 0.267 e. The summed E-state index contributed by atoms with van der Waals surface area (Å²) in [5, 5.41) is 4.39. The number of carbonyl (C=O) groups excluding carboxylic acids is 1. The number of hydrogen-bond acceptors (Lipinski definition) is 6. The Morgan fingerprint density at radius 3 is 2.92 bits per heavy atom. The number of aryl methyl sites for hydroxylation is 1. The van der Waals surface area contributed by atoms with Gasteiger partial charge in [0, 0.05) is 24.3 Å². The fourth-order valence-corrected chi connectivity index (χ4v) is 2.44. The highest BCUT2D eigenvalue weighted by Gasteiger charge is 2.14. The molecule has 4 heterocycles. The maximum atomic E-state index is 12.7. The summed E-state index contributed by atoms with van der Waals surface area (Å²) in [5.41, 5.74) is 3.66. The Balaban J connectivity index is 1.86. The van der Waals surface area contributed by atoms with Gasteiger partial charge in [-0.2, -0.15) is 14.6 Å². The lowest BCUT2D eigenvalue weighted by molar-refractivity contribution is 0.101. The number of fused-ring (bicyclic) bond motifs is 3. The van der Waals surface area contributed by atoms with Crippen molar-refractivity contribution in [2.75, 3.05) is 5.43 Å². The van der Waals surface area contributed by atoms with Crippen molar-refractivity contribution in [3.63, 3.8) is 0 Å². The van der Waals surface area contributed by atoms with E-state index in [0.717, 1.165) is 0 Å². The fourth-order valence-electron chi connectivity index (χ4n) is 2.44. The first-order valence-corrected chi connectivity index (χ1v) is 7.07. The number of nitrogens with one attached hydrogen (secondary N) is 1. The van der Waals surface area contributed by atoms with Crippen LogP contribution in [0.4, 0.5) is 0 Å². The molecule has 0 aromatic carbocycles. The lowest BCUT2D eigenvalue weighted by Gasteiger charge is -2.12. The standard InChI is InChI=1S/C15H11N7O2/c1-9-5-12-11(7-17-15-18-8-19-22(12)15)14(24)21(9)20-13(23)10-3-2-4-16-6-10/h2-8H,1H3,(H,20,23). The SMILES string of the molecule is Cc1cc2c(cnc3ncnn32)c(=O)n1NC(=O)c1cccnc1. The molecule has 0 saturated heterocycles. The number of amides is 1. The predicted molar refractivity (Wildman–Crippen MR) is 85.2 cm³/mol. The Labute approximate surface area is 134 Å². The summed E-state index contributed by atoms with van der Waals surface area (Å²) in [6, 6.07) is 5.00. The maximum Gasteiger partial charge on any atom is 0.280 e. The van der Waals surface area contributed by atoms with Crippen molar-refractivity contribution in [2.45, 2.75) is 6.92 Å². The monoisotopic (exact) mass is 321 g/mol. The second kappa shape index (κ2) is 5.23. The number of hydrogen-bond donors (Lipinski definition) is 1. The quantitative estimate of drug-likeness (QED) is 0.577. The van der Waals surface area contributed by atoms with Crippen LogP contribution in [0, 0.1) is 6.92 Å². The van der Waals surface area contributed by atoms with E-state index in [1.807, 2.05) is 0 Å². The van der Waals surface area contributed by atoms with E-state index in [1.54, 1.807) is 31.3 Å². The number of aromatic nitrogens is 6. The molecule has 0 bridgehead atoms. The number of nitrogens with zero attached hydrogens (tertiary/aromatic N) is 6. The summed E-state index contributed by atoms with van der Waals surface area (Å²) in [6.45, 7) is 1.72. The topological polar surface area (TPSA) is 107 Å². The van der Waals surface area contributed by atoms with Crippen LogP contribution in [0.15, 0.2) is 47.9 Å². The number of pyridine rings is 2. The molecule has 1 amide bonds. The van der Waals surface area contributed by atoms with Crippen LogP contribution in [-0.2, 0) is 0 Å². The van der Waals surface area contributed by atoms with Crippen LogP contribution in [0.2, 0.25) is 0 Å².